The minimum atomic E-state index is -0.708. The summed E-state index contributed by atoms with van der Waals surface area (Å²) >= 11 is 0. The number of ether oxygens (including phenoxy) is 2. The molecule has 0 saturated carbocycles. The van der Waals surface area contributed by atoms with Gasteiger partial charge in [-0.1, -0.05) is 0 Å². The largest absolute Gasteiger partial charge is 0.377 e. The molecule has 0 aromatic rings. The number of likely N-dealkylation sites (N-methyl/N-ethyl adjacent to an activating group) is 1. The van der Waals surface area contributed by atoms with Crippen molar-refractivity contribution in [1.82, 2.24) is 10.2 Å². The third-order valence-electron chi connectivity index (χ3n) is 2.73. The molecule has 0 spiro atoms. The van der Waals surface area contributed by atoms with Crippen LogP contribution in [0.4, 0.5) is 0 Å². The van der Waals surface area contributed by atoms with Crippen LogP contribution in [-0.4, -0.2) is 69.3 Å². The van der Waals surface area contributed by atoms with E-state index in [1.807, 2.05) is 0 Å². The molecule has 98 valence electrons. The zero-order valence-corrected chi connectivity index (χ0v) is 10.1. The van der Waals surface area contributed by atoms with Gasteiger partial charge in [0.1, 0.15) is 12.1 Å². The summed E-state index contributed by atoms with van der Waals surface area (Å²) in [5.74, 6) is -0.517. The summed E-state index contributed by atoms with van der Waals surface area (Å²) in [7, 11) is 2.95. The average Bonchev–Trinajstić information content (AvgIpc) is 2.39. The lowest BCUT2D eigenvalue weighted by Crippen LogP contribution is -2.58. The Morgan fingerprint density at radius 2 is 2.35 bits per heavy atom. The molecule has 0 radical (unpaired) electrons. The van der Waals surface area contributed by atoms with Gasteiger partial charge in [-0.25, -0.2) is 0 Å². The topological polar surface area (TPSA) is 93.9 Å². The maximum Gasteiger partial charge on any atom is 0.253 e. The molecule has 7 nitrogen and oxygen atoms in total. The Morgan fingerprint density at radius 1 is 1.65 bits per heavy atom. The monoisotopic (exact) mass is 245 g/mol. The number of methoxy groups -OCH3 is 1. The number of morpholine rings is 1. The minimum Gasteiger partial charge on any atom is -0.377 e. The van der Waals surface area contributed by atoms with Crippen molar-refractivity contribution in [1.29, 1.82) is 0 Å². The maximum atomic E-state index is 12.1. The van der Waals surface area contributed by atoms with Gasteiger partial charge in [-0.15, -0.1) is 0 Å². The Balaban J connectivity index is 2.76. The normalized spacial score (nSPS) is 22.1. The summed E-state index contributed by atoms with van der Waals surface area (Å²) < 4.78 is 10.2. The molecule has 7 heteroatoms. The van der Waals surface area contributed by atoms with E-state index in [-0.39, 0.29) is 25.0 Å². The molecule has 1 saturated heterocycles. The van der Waals surface area contributed by atoms with E-state index in [1.165, 1.54) is 19.1 Å². The highest BCUT2D eigenvalue weighted by Crippen LogP contribution is 2.10. The first-order valence-corrected chi connectivity index (χ1v) is 5.48. The minimum absolute atomic E-state index is 0.0904. The van der Waals surface area contributed by atoms with Gasteiger partial charge in [0.25, 0.3) is 5.91 Å². The van der Waals surface area contributed by atoms with E-state index in [0.717, 1.165) is 0 Å². The van der Waals surface area contributed by atoms with Crippen molar-refractivity contribution in [2.24, 2.45) is 5.73 Å². The van der Waals surface area contributed by atoms with Gasteiger partial charge in [0.2, 0.25) is 5.91 Å². The number of amides is 2. The maximum absolute atomic E-state index is 12.1. The number of hydrogen-bond donors (Lipinski definition) is 2. The Kier molecular flexibility index (Phi) is 5.33. The second-order valence-corrected chi connectivity index (χ2v) is 3.70. The first-order valence-electron chi connectivity index (χ1n) is 5.48. The van der Waals surface area contributed by atoms with E-state index in [9.17, 15) is 9.59 Å². The van der Waals surface area contributed by atoms with Crippen LogP contribution in [0.15, 0.2) is 0 Å². The van der Waals surface area contributed by atoms with Crippen LogP contribution in [0.25, 0.3) is 0 Å². The molecule has 1 fully saturated rings. The molecular formula is C10H19N3O4. The lowest BCUT2D eigenvalue weighted by atomic mass is 10.1. The van der Waals surface area contributed by atoms with Crippen molar-refractivity contribution in [3.63, 3.8) is 0 Å². The number of nitrogens with one attached hydrogen (secondary N) is 1. The summed E-state index contributed by atoms with van der Waals surface area (Å²) in [5, 5.41) is 2.51. The molecule has 0 aromatic heterocycles. The van der Waals surface area contributed by atoms with E-state index in [2.05, 4.69) is 5.32 Å². The predicted molar refractivity (Wildman–Crippen MR) is 60.2 cm³/mol. The van der Waals surface area contributed by atoms with Crippen molar-refractivity contribution in [2.45, 2.75) is 12.1 Å². The zero-order valence-electron chi connectivity index (χ0n) is 10.1. The summed E-state index contributed by atoms with van der Waals surface area (Å²) in [6.07, 6.45) is -0.708. The van der Waals surface area contributed by atoms with E-state index < -0.39 is 12.1 Å². The zero-order chi connectivity index (χ0) is 12.8. The number of rotatable bonds is 4. The van der Waals surface area contributed by atoms with Crippen LogP contribution in [0.2, 0.25) is 0 Å². The molecule has 2 unspecified atom stereocenters. The highest BCUT2D eigenvalue weighted by atomic mass is 16.5. The van der Waals surface area contributed by atoms with Gasteiger partial charge in [-0.2, -0.15) is 0 Å². The van der Waals surface area contributed by atoms with Crippen molar-refractivity contribution < 1.29 is 19.1 Å². The highest BCUT2D eigenvalue weighted by Gasteiger charge is 2.35. The number of nitrogens with zero attached hydrogens (tertiary/aromatic N) is 1. The molecule has 2 amide bonds. The van der Waals surface area contributed by atoms with Gasteiger partial charge < -0.3 is 25.4 Å². The molecule has 1 aliphatic rings. The molecular weight excluding hydrogens is 226 g/mol. The molecule has 1 heterocycles. The number of carbonyl (C=O) groups is 2. The Morgan fingerprint density at radius 3 is 2.88 bits per heavy atom. The highest BCUT2D eigenvalue weighted by molar-refractivity contribution is 5.89. The van der Waals surface area contributed by atoms with E-state index in [0.29, 0.717) is 13.2 Å². The number of hydrogen-bond acceptors (Lipinski definition) is 5. The summed E-state index contributed by atoms with van der Waals surface area (Å²) in [4.78, 5) is 25.2. The molecule has 3 N–H and O–H groups in total. The third kappa shape index (κ3) is 3.15. The van der Waals surface area contributed by atoms with Crippen LogP contribution < -0.4 is 11.1 Å². The van der Waals surface area contributed by atoms with E-state index in [1.54, 1.807) is 0 Å². The van der Waals surface area contributed by atoms with Crippen LogP contribution in [0.1, 0.15) is 0 Å². The molecule has 0 bridgehead atoms. The Labute approximate surface area is 100 Å². The van der Waals surface area contributed by atoms with E-state index >= 15 is 0 Å². The fraction of sp³-hybridized carbons (Fsp3) is 0.800. The molecule has 1 aliphatic heterocycles. The summed E-state index contributed by atoms with van der Waals surface area (Å²) in [6, 6.07) is -0.606. The molecule has 17 heavy (non-hydrogen) atoms. The SMILES string of the molecule is CNC(=O)C1COCCN1C(=O)C(CN)OC. The first-order chi connectivity index (χ1) is 8.15. The average molecular weight is 245 g/mol. The summed E-state index contributed by atoms with van der Waals surface area (Å²) in [5.41, 5.74) is 5.44. The Hall–Kier alpha value is -1.18. The first kappa shape index (κ1) is 13.9. The molecule has 2 atom stereocenters. The van der Waals surface area contributed by atoms with E-state index in [4.69, 9.17) is 15.2 Å². The summed E-state index contributed by atoms with van der Waals surface area (Å²) in [6.45, 7) is 1.08. The van der Waals surface area contributed by atoms with Gasteiger partial charge in [-0.3, -0.25) is 9.59 Å². The number of nitrogens with two attached hydrogens (primary N) is 1. The fourth-order valence-corrected chi connectivity index (χ4v) is 1.73. The lowest BCUT2D eigenvalue weighted by Gasteiger charge is -2.35. The number of carbonyl (C=O) groups excluding carboxylic acids is 2. The van der Waals surface area contributed by atoms with Crippen molar-refractivity contribution in [3.8, 4) is 0 Å². The van der Waals surface area contributed by atoms with Crippen LogP contribution in [0, 0.1) is 0 Å². The predicted octanol–water partition coefficient (Wildman–Crippen LogP) is -2.07. The van der Waals surface area contributed by atoms with Gasteiger partial charge in [0.05, 0.1) is 13.2 Å². The van der Waals surface area contributed by atoms with Crippen molar-refractivity contribution >= 4 is 11.8 Å². The van der Waals surface area contributed by atoms with Gasteiger partial charge in [-0.05, 0) is 0 Å². The van der Waals surface area contributed by atoms with Crippen LogP contribution in [0.3, 0.4) is 0 Å². The second kappa shape index (κ2) is 6.53. The van der Waals surface area contributed by atoms with Gasteiger partial charge in [0, 0.05) is 27.2 Å². The standard InChI is InChI=1S/C10H19N3O4/c1-12-9(14)7-6-17-4-3-13(7)10(15)8(5-11)16-2/h7-8H,3-6,11H2,1-2H3,(H,12,14). The van der Waals surface area contributed by atoms with Crippen LogP contribution in [0.5, 0.6) is 0 Å². The lowest BCUT2D eigenvalue weighted by molar-refractivity contribution is -0.155. The van der Waals surface area contributed by atoms with Crippen LogP contribution in [-0.2, 0) is 19.1 Å². The van der Waals surface area contributed by atoms with Crippen molar-refractivity contribution in [2.75, 3.05) is 40.5 Å². The smallest absolute Gasteiger partial charge is 0.253 e. The fourth-order valence-electron chi connectivity index (χ4n) is 1.73. The second-order valence-electron chi connectivity index (χ2n) is 3.70. The van der Waals surface area contributed by atoms with Crippen LogP contribution >= 0.6 is 0 Å². The molecule has 0 aliphatic carbocycles. The van der Waals surface area contributed by atoms with Gasteiger partial charge >= 0.3 is 0 Å². The molecule has 0 aromatic carbocycles. The quantitative estimate of drug-likeness (QED) is 0.593. The third-order valence-corrected chi connectivity index (χ3v) is 2.73. The van der Waals surface area contributed by atoms with Crippen molar-refractivity contribution in [3.05, 3.63) is 0 Å². The Bertz CT molecular complexity index is 281. The van der Waals surface area contributed by atoms with Gasteiger partial charge in [0.15, 0.2) is 0 Å². The molecule has 1 rings (SSSR count).